The average molecular weight is 273 g/mol. The van der Waals surface area contributed by atoms with Crippen molar-refractivity contribution in [2.24, 2.45) is 5.92 Å². The highest BCUT2D eigenvalue weighted by Gasteiger charge is 2.33. The highest BCUT2D eigenvalue weighted by Crippen LogP contribution is 2.14. The van der Waals surface area contributed by atoms with Gasteiger partial charge in [0.25, 0.3) is 0 Å². The Balaban J connectivity index is 1.90. The van der Waals surface area contributed by atoms with E-state index in [2.05, 4.69) is 16.7 Å². The van der Waals surface area contributed by atoms with Crippen LogP contribution in [0.1, 0.15) is 18.1 Å². The monoisotopic (exact) mass is 273 g/mol. The zero-order chi connectivity index (χ0) is 14.4. The van der Waals surface area contributed by atoms with E-state index in [1.807, 2.05) is 19.1 Å². The van der Waals surface area contributed by atoms with Gasteiger partial charge in [0.15, 0.2) is 0 Å². The minimum atomic E-state index is -0.144. The average Bonchev–Trinajstić information content (AvgIpc) is 2.94. The second-order valence-corrected chi connectivity index (χ2v) is 4.84. The molecular formula is C15H19N3O2. The Labute approximate surface area is 118 Å². The number of nitrogens with one attached hydrogen (secondary N) is 2. The van der Waals surface area contributed by atoms with E-state index in [4.69, 9.17) is 10.00 Å². The van der Waals surface area contributed by atoms with E-state index in [1.54, 1.807) is 12.1 Å². The number of hydrogen-bond acceptors (Lipinski definition) is 4. The molecule has 1 saturated heterocycles. The molecule has 5 nitrogen and oxygen atoms in total. The minimum Gasteiger partial charge on any atom is -0.379 e. The van der Waals surface area contributed by atoms with Crippen LogP contribution in [0.3, 0.4) is 0 Å². The second-order valence-electron chi connectivity index (χ2n) is 4.84. The Morgan fingerprint density at radius 2 is 2.35 bits per heavy atom. The number of benzene rings is 1. The van der Waals surface area contributed by atoms with E-state index in [0.717, 1.165) is 12.1 Å². The number of carbonyl (C=O) groups is 1. The molecule has 1 fully saturated rings. The Hall–Kier alpha value is -1.90. The number of ether oxygens (including phenoxy) is 1. The van der Waals surface area contributed by atoms with Crippen molar-refractivity contribution < 1.29 is 9.53 Å². The van der Waals surface area contributed by atoms with Gasteiger partial charge in [0.05, 0.1) is 30.8 Å². The van der Waals surface area contributed by atoms with Crippen molar-refractivity contribution in [2.75, 3.05) is 19.8 Å². The molecule has 0 bridgehead atoms. The molecule has 0 saturated carbocycles. The summed E-state index contributed by atoms with van der Waals surface area (Å²) in [5, 5.41) is 15.0. The van der Waals surface area contributed by atoms with Gasteiger partial charge >= 0.3 is 0 Å². The molecule has 2 atom stereocenters. The van der Waals surface area contributed by atoms with Crippen molar-refractivity contribution in [3.05, 3.63) is 35.4 Å². The summed E-state index contributed by atoms with van der Waals surface area (Å²) in [5.41, 5.74) is 1.53. The SMILES string of the molecule is CCNC1COCC1C(=O)NCc1cccc(C#N)c1. The third-order valence-corrected chi connectivity index (χ3v) is 3.41. The van der Waals surface area contributed by atoms with Gasteiger partial charge in [-0.3, -0.25) is 4.79 Å². The van der Waals surface area contributed by atoms with Crippen LogP contribution in [0.25, 0.3) is 0 Å². The van der Waals surface area contributed by atoms with Crippen molar-refractivity contribution in [2.45, 2.75) is 19.5 Å². The summed E-state index contributed by atoms with van der Waals surface area (Å²) in [5.74, 6) is -0.148. The van der Waals surface area contributed by atoms with Gasteiger partial charge < -0.3 is 15.4 Å². The van der Waals surface area contributed by atoms with Crippen LogP contribution >= 0.6 is 0 Å². The first-order valence-corrected chi connectivity index (χ1v) is 6.82. The first-order valence-electron chi connectivity index (χ1n) is 6.82. The van der Waals surface area contributed by atoms with Gasteiger partial charge in [-0.1, -0.05) is 19.1 Å². The number of hydrogen-bond donors (Lipinski definition) is 2. The number of nitrogens with zero attached hydrogens (tertiary/aromatic N) is 1. The topological polar surface area (TPSA) is 74.2 Å². The van der Waals surface area contributed by atoms with Gasteiger partial charge in [0.1, 0.15) is 0 Å². The molecule has 0 aromatic heterocycles. The zero-order valence-corrected chi connectivity index (χ0v) is 11.6. The summed E-state index contributed by atoms with van der Waals surface area (Å²) in [4.78, 5) is 12.2. The summed E-state index contributed by atoms with van der Waals surface area (Å²) in [6.45, 7) is 4.31. The predicted octanol–water partition coefficient (Wildman–Crippen LogP) is 0.799. The Kier molecular flexibility index (Phi) is 5.10. The lowest BCUT2D eigenvalue weighted by Gasteiger charge is -2.17. The minimum absolute atomic E-state index is 0.00388. The summed E-state index contributed by atoms with van der Waals surface area (Å²) >= 11 is 0. The van der Waals surface area contributed by atoms with Gasteiger partial charge in [0.2, 0.25) is 5.91 Å². The summed E-state index contributed by atoms with van der Waals surface area (Å²) in [6, 6.07) is 9.43. The van der Waals surface area contributed by atoms with Crippen LogP contribution in [-0.2, 0) is 16.1 Å². The van der Waals surface area contributed by atoms with Gasteiger partial charge in [-0.05, 0) is 24.2 Å². The highest BCUT2D eigenvalue weighted by atomic mass is 16.5. The van der Waals surface area contributed by atoms with Crippen molar-refractivity contribution in [1.82, 2.24) is 10.6 Å². The van der Waals surface area contributed by atoms with Crippen molar-refractivity contribution >= 4 is 5.91 Å². The largest absolute Gasteiger partial charge is 0.379 e. The summed E-state index contributed by atoms with van der Waals surface area (Å²) in [6.07, 6.45) is 0. The fourth-order valence-electron chi connectivity index (χ4n) is 2.35. The van der Waals surface area contributed by atoms with Gasteiger partial charge in [-0.15, -0.1) is 0 Å². The predicted molar refractivity (Wildman–Crippen MR) is 74.8 cm³/mol. The van der Waals surface area contributed by atoms with E-state index in [1.165, 1.54) is 0 Å². The van der Waals surface area contributed by atoms with Crippen LogP contribution < -0.4 is 10.6 Å². The maximum atomic E-state index is 12.2. The van der Waals surface area contributed by atoms with Gasteiger partial charge in [-0.25, -0.2) is 0 Å². The van der Waals surface area contributed by atoms with Crippen molar-refractivity contribution in [3.8, 4) is 6.07 Å². The molecule has 1 aliphatic rings. The molecule has 2 unspecified atom stereocenters. The maximum absolute atomic E-state index is 12.2. The molecule has 1 aliphatic heterocycles. The third kappa shape index (κ3) is 3.56. The van der Waals surface area contributed by atoms with Crippen LogP contribution in [0.2, 0.25) is 0 Å². The lowest BCUT2D eigenvalue weighted by molar-refractivity contribution is -0.125. The fourth-order valence-corrected chi connectivity index (χ4v) is 2.35. The van der Waals surface area contributed by atoms with Crippen LogP contribution in [0.5, 0.6) is 0 Å². The first kappa shape index (κ1) is 14.5. The quantitative estimate of drug-likeness (QED) is 0.832. The maximum Gasteiger partial charge on any atom is 0.227 e. The Morgan fingerprint density at radius 3 is 3.10 bits per heavy atom. The number of nitriles is 1. The first-order chi connectivity index (χ1) is 9.74. The van der Waals surface area contributed by atoms with E-state index in [-0.39, 0.29) is 17.9 Å². The van der Waals surface area contributed by atoms with E-state index < -0.39 is 0 Å². The van der Waals surface area contributed by atoms with Crippen molar-refractivity contribution in [1.29, 1.82) is 5.26 Å². The molecule has 0 spiro atoms. The van der Waals surface area contributed by atoms with Gasteiger partial charge in [0, 0.05) is 12.6 Å². The van der Waals surface area contributed by atoms with Crippen LogP contribution in [0.15, 0.2) is 24.3 Å². The Morgan fingerprint density at radius 1 is 1.50 bits per heavy atom. The molecule has 0 aliphatic carbocycles. The molecule has 1 aromatic carbocycles. The molecule has 1 heterocycles. The number of amides is 1. The van der Waals surface area contributed by atoms with Crippen LogP contribution in [0.4, 0.5) is 0 Å². The normalized spacial score (nSPS) is 21.4. The van der Waals surface area contributed by atoms with Gasteiger partial charge in [-0.2, -0.15) is 5.26 Å². The molecule has 1 aromatic rings. The lowest BCUT2D eigenvalue weighted by atomic mass is 10.0. The number of rotatable bonds is 5. The summed E-state index contributed by atoms with van der Waals surface area (Å²) < 4.78 is 5.37. The summed E-state index contributed by atoms with van der Waals surface area (Å²) in [7, 11) is 0. The molecule has 106 valence electrons. The molecule has 0 radical (unpaired) electrons. The van der Waals surface area contributed by atoms with E-state index in [0.29, 0.717) is 25.3 Å². The molecule has 2 N–H and O–H groups in total. The highest BCUT2D eigenvalue weighted by molar-refractivity contribution is 5.79. The second kappa shape index (κ2) is 7.04. The Bertz CT molecular complexity index is 510. The lowest BCUT2D eigenvalue weighted by Crippen LogP contribution is -2.43. The van der Waals surface area contributed by atoms with Crippen LogP contribution in [-0.4, -0.2) is 31.7 Å². The van der Waals surface area contributed by atoms with Crippen molar-refractivity contribution in [3.63, 3.8) is 0 Å². The van der Waals surface area contributed by atoms with Crippen LogP contribution in [0, 0.1) is 17.2 Å². The number of likely N-dealkylation sites (N-methyl/N-ethyl adjacent to an activating group) is 1. The molecule has 20 heavy (non-hydrogen) atoms. The zero-order valence-electron chi connectivity index (χ0n) is 11.6. The third-order valence-electron chi connectivity index (χ3n) is 3.41. The molecule has 2 rings (SSSR count). The smallest absolute Gasteiger partial charge is 0.227 e. The van der Waals surface area contributed by atoms with E-state index in [9.17, 15) is 4.79 Å². The standard InChI is InChI=1S/C15H19N3O2/c1-2-17-14-10-20-9-13(14)15(19)18-8-12-5-3-4-11(6-12)7-16/h3-6,13-14,17H,2,8-10H2,1H3,(H,18,19). The van der Waals surface area contributed by atoms with E-state index >= 15 is 0 Å². The fraction of sp³-hybridized carbons (Fsp3) is 0.467. The number of carbonyl (C=O) groups excluding carboxylic acids is 1. The molecular weight excluding hydrogens is 254 g/mol. The molecule has 1 amide bonds. The molecule has 5 heteroatoms.